The fourth-order valence-corrected chi connectivity index (χ4v) is 3.87. The highest BCUT2D eigenvalue weighted by Gasteiger charge is 2.27. The van der Waals surface area contributed by atoms with E-state index in [0.717, 1.165) is 41.2 Å². The Kier molecular flexibility index (Phi) is 7.64. The molecule has 0 unspecified atom stereocenters. The Bertz CT molecular complexity index is 964. The number of aromatic nitrogens is 2. The van der Waals surface area contributed by atoms with E-state index in [2.05, 4.69) is 36.5 Å². The maximum absolute atomic E-state index is 11.6. The van der Waals surface area contributed by atoms with Crippen molar-refractivity contribution < 1.29 is 9.53 Å². The summed E-state index contributed by atoms with van der Waals surface area (Å²) in [6, 6.07) is 6.18. The molecular formula is C23H30BrN5O2. The van der Waals surface area contributed by atoms with Gasteiger partial charge in [0.05, 0.1) is 22.9 Å². The number of nitrogens with one attached hydrogen (secondary N) is 3. The quantitative estimate of drug-likeness (QED) is 0.357. The minimum atomic E-state index is -0.463. The molecule has 166 valence electrons. The second-order valence-electron chi connectivity index (χ2n) is 8.90. The zero-order chi connectivity index (χ0) is 22.4. The van der Waals surface area contributed by atoms with Crippen molar-refractivity contribution in [3.05, 3.63) is 40.8 Å². The van der Waals surface area contributed by atoms with Gasteiger partial charge in [0.25, 0.3) is 0 Å². The van der Waals surface area contributed by atoms with Crippen molar-refractivity contribution in [3.8, 4) is 0 Å². The van der Waals surface area contributed by atoms with Gasteiger partial charge in [0.2, 0.25) is 0 Å². The molecule has 0 bridgehead atoms. The largest absolute Gasteiger partial charge is 0.444 e. The Labute approximate surface area is 191 Å². The SMILES string of the molecule is CC(C)(C)OC(=O)NCCCC1CC(N/C=C(\C=N)c2cnc3ccc(Br)cc3n2)C1. The number of fused-ring (bicyclic) bond motifs is 1. The van der Waals surface area contributed by atoms with Gasteiger partial charge in [-0.15, -0.1) is 0 Å². The lowest BCUT2D eigenvalue weighted by Crippen LogP contribution is -2.39. The van der Waals surface area contributed by atoms with E-state index >= 15 is 0 Å². The van der Waals surface area contributed by atoms with Gasteiger partial charge in [-0.25, -0.2) is 9.78 Å². The lowest BCUT2D eigenvalue weighted by Gasteiger charge is -2.35. The minimum absolute atomic E-state index is 0.353. The van der Waals surface area contributed by atoms with Crippen LogP contribution in [0.1, 0.15) is 52.1 Å². The number of carbonyl (C=O) groups is 1. The number of halogens is 1. The first-order valence-corrected chi connectivity index (χ1v) is 11.4. The molecule has 8 heteroatoms. The number of rotatable bonds is 8. The molecule has 1 aliphatic carbocycles. The number of carbonyl (C=O) groups excluding carboxylic acids is 1. The average Bonchev–Trinajstić information content (AvgIpc) is 2.66. The van der Waals surface area contributed by atoms with Crippen LogP contribution in [0.15, 0.2) is 35.1 Å². The lowest BCUT2D eigenvalue weighted by atomic mass is 9.77. The standard InChI is InChI=1S/C23H30BrN5O2/c1-23(2,3)31-22(30)26-8-4-5-15-9-18(10-15)27-13-16(12-25)21-14-28-19-7-6-17(24)11-20(19)29-21/h6-7,11-15,18,25,27H,4-5,8-10H2,1-3H3,(H,26,30)/b16-13+,25-12?. The van der Waals surface area contributed by atoms with E-state index in [1.54, 1.807) is 6.20 Å². The number of hydrogen-bond donors (Lipinski definition) is 3. The van der Waals surface area contributed by atoms with E-state index < -0.39 is 5.60 Å². The molecule has 0 atom stereocenters. The molecule has 0 spiro atoms. The summed E-state index contributed by atoms with van der Waals surface area (Å²) >= 11 is 3.46. The molecule has 1 aliphatic rings. The summed E-state index contributed by atoms with van der Waals surface area (Å²) in [6.07, 6.45) is 8.73. The highest BCUT2D eigenvalue weighted by molar-refractivity contribution is 9.10. The lowest BCUT2D eigenvalue weighted by molar-refractivity contribution is 0.0525. The number of benzene rings is 1. The summed E-state index contributed by atoms with van der Waals surface area (Å²) in [5.74, 6) is 0.660. The predicted octanol–water partition coefficient (Wildman–Crippen LogP) is 5.06. The molecule has 1 heterocycles. The summed E-state index contributed by atoms with van der Waals surface area (Å²) in [5, 5.41) is 14.0. The van der Waals surface area contributed by atoms with Crippen LogP contribution in [0.2, 0.25) is 0 Å². The zero-order valence-corrected chi connectivity index (χ0v) is 19.8. The van der Waals surface area contributed by atoms with Crippen LogP contribution in [0.5, 0.6) is 0 Å². The van der Waals surface area contributed by atoms with Crippen LogP contribution in [0.4, 0.5) is 4.79 Å². The molecule has 1 aromatic heterocycles. The van der Waals surface area contributed by atoms with Gasteiger partial charge < -0.3 is 20.8 Å². The highest BCUT2D eigenvalue weighted by atomic mass is 79.9. The van der Waals surface area contributed by atoms with Crippen LogP contribution >= 0.6 is 15.9 Å². The van der Waals surface area contributed by atoms with E-state index in [-0.39, 0.29) is 6.09 Å². The third kappa shape index (κ3) is 7.02. The van der Waals surface area contributed by atoms with Crippen molar-refractivity contribution >= 4 is 44.8 Å². The van der Waals surface area contributed by atoms with Gasteiger partial charge in [-0.1, -0.05) is 15.9 Å². The second-order valence-corrected chi connectivity index (χ2v) is 9.82. The van der Waals surface area contributed by atoms with Gasteiger partial charge in [-0.2, -0.15) is 0 Å². The number of ether oxygens (including phenoxy) is 1. The topological polar surface area (TPSA) is 100.0 Å². The molecular weight excluding hydrogens is 458 g/mol. The van der Waals surface area contributed by atoms with E-state index in [1.165, 1.54) is 6.21 Å². The average molecular weight is 488 g/mol. The molecule has 3 rings (SSSR count). The fraction of sp³-hybridized carbons (Fsp3) is 0.478. The Hall–Kier alpha value is -2.48. The van der Waals surface area contributed by atoms with Crippen molar-refractivity contribution in [1.29, 1.82) is 5.41 Å². The first-order valence-electron chi connectivity index (χ1n) is 10.6. The number of hydrogen-bond acceptors (Lipinski definition) is 6. The molecule has 7 nitrogen and oxygen atoms in total. The van der Waals surface area contributed by atoms with Gasteiger partial charge in [0.1, 0.15) is 5.60 Å². The van der Waals surface area contributed by atoms with Crippen molar-refractivity contribution in [3.63, 3.8) is 0 Å². The molecule has 1 fully saturated rings. The van der Waals surface area contributed by atoms with E-state index in [9.17, 15) is 4.79 Å². The number of amides is 1. The summed E-state index contributed by atoms with van der Waals surface area (Å²) in [5.41, 5.74) is 2.54. The number of nitrogens with zero attached hydrogens (tertiary/aromatic N) is 2. The van der Waals surface area contributed by atoms with Gasteiger partial charge in [0, 0.05) is 35.0 Å². The highest BCUT2D eigenvalue weighted by Crippen LogP contribution is 2.31. The normalized spacial score (nSPS) is 18.9. The Morgan fingerprint density at radius 1 is 1.32 bits per heavy atom. The van der Waals surface area contributed by atoms with E-state index in [1.807, 2.05) is 45.2 Å². The first-order chi connectivity index (χ1) is 14.7. The fourth-order valence-electron chi connectivity index (χ4n) is 3.52. The summed E-state index contributed by atoms with van der Waals surface area (Å²) in [6.45, 7) is 6.21. The second kappa shape index (κ2) is 10.2. The Balaban J connectivity index is 1.41. The minimum Gasteiger partial charge on any atom is -0.444 e. The van der Waals surface area contributed by atoms with E-state index in [4.69, 9.17) is 10.1 Å². The van der Waals surface area contributed by atoms with Gasteiger partial charge >= 0.3 is 6.09 Å². The Morgan fingerprint density at radius 3 is 2.81 bits per heavy atom. The summed E-state index contributed by atoms with van der Waals surface area (Å²) in [4.78, 5) is 20.7. The van der Waals surface area contributed by atoms with Gasteiger partial charge in [-0.3, -0.25) is 4.98 Å². The number of allylic oxidation sites excluding steroid dienone is 1. The molecule has 3 N–H and O–H groups in total. The third-order valence-corrected chi connectivity index (χ3v) is 5.62. The van der Waals surface area contributed by atoms with Crippen molar-refractivity contribution in [2.45, 2.75) is 58.1 Å². The predicted molar refractivity (Wildman–Crippen MR) is 127 cm³/mol. The van der Waals surface area contributed by atoms with Crippen molar-refractivity contribution in [2.75, 3.05) is 6.54 Å². The molecule has 0 saturated heterocycles. The molecule has 2 aromatic rings. The molecule has 0 aliphatic heterocycles. The maximum Gasteiger partial charge on any atom is 0.407 e. The van der Waals surface area contributed by atoms with Gasteiger partial charge in [0.15, 0.2) is 0 Å². The van der Waals surface area contributed by atoms with Crippen molar-refractivity contribution in [1.82, 2.24) is 20.6 Å². The van der Waals surface area contributed by atoms with Crippen LogP contribution in [-0.2, 0) is 4.74 Å². The molecule has 1 saturated carbocycles. The van der Waals surface area contributed by atoms with Gasteiger partial charge in [-0.05, 0) is 70.6 Å². The zero-order valence-electron chi connectivity index (χ0n) is 18.2. The Morgan fingerprint density at radius 2 is 2.10 bits per heavy atom. The smallest absolute Gasteiger partial charge is 0.407 e. The van der Waals surface area contributed by atoms with Crippen LogP contribution < -0.4 is 10.6 Å². The number of alkyl carbamates (subject to hydrolysis) is 1. The van der Waals surface area contributed by atoms with Crippen LogP contribution in [0, 0.1) is 11.3 Å². The molecule has 1 amide bonds. The van der Waals surface area contributed by atoms with Crippen LogP contribution in [0.25, 0.3) is 16.6 Å². The van der Waals surface area contributed by atoms with Crippen LogP contribution in [0.3, 0.4) is 0 Å². The van der Waals surface area contributed by atoms with Crippen molar-refractivity contribution in [2.24, 2.45) is 5.92 Å². The van der Waals surface area contributed by atoms with E-state index in [0.29, 0.717) is 29.8 Å². The summed E-state index contributed by atoms with van der Waals surface area (Å²) < 4.78 is 6.19. The van der Waals surface area contributed by atoms with Crippen LogP contribution in [-0.4, -0.2) is 40.5 Å². The monoisotopic (exact) mass is 487 g/mol. The maximum atomic E-state index is 11.6. The molecule has 0 radical (unpaired) electrons. The molecule has 1 aromatic carbocycles. The summed E-state index contributed by atoms with van der Waals surface area (Å²) in [7, 11) is 0. The molecule has 31 heavy (non-hydrogen) atoms. The first kappa shape index (κ1) is 23.2. The third-order valence-electron chi connectivity index (χ3n) is 5.12.